The Kier molecular flexibility index (Phi) is 3.19. The number of carbonyl (C=O) groups excluding carboxylic acids is 1. The minimum absolute atomic E-state index is 0.259. The smallest absolute Gasteiger partial charge is 0.324 e. The number of aryl methyl sites for hydroxylation is 1. The average molecular weight is 349 g/mol. The van der Waals surface area contributed by atoms with Gasteiger partial charge in [-0.1, -0.05) is 22.0 Å². The van der Waals surface area contributed by atoms with E-state index in [1.54, 1.807) is 0 Å². The molecule has 0 saturated carbocycles. The first-order valence-corrected chi connectivity index (χ1v) is 7.08. The van der Waals surface area contributed by atoms with E-state index in [0.29, 0.717) is 6.42 Å². The Morgan fingerprint density at radius 2 is 2.10 bits per heavy atom. The summed E-state index contributed by atoms with van der Waals surface area (Å²) in [6.07, 6.45) is -2.95. The molecule has 1 fully saturated rings. The van der Waals surface area contributed by atoms with Crippen molar-refractivity contribution in [1.82, 2.24) is 10.2 Å². The lowest BCUT2D eigenvalue weighted by molar-refractivity contribution is -0.150. The number of nitrogens with one attached hydrogen (secondary N) is 1. The third-order valence-electron chi connectivity index (χ3n) is 3.86. The van der Waals surface area contributed by atoms with E-state index in [9.17, 15) is 18.0 Å². The van der Waals surface area contributed by atoms with Gasteiger partial charge in [0, 0.05) is 4.47 Å². The lowest BCUT2D eigenvalue weighted by Crippen LogP contribution is -2.40. The highest BCUT2D eigenvalue weighted by Crippen LogP contribution is 2.39. The molecule has 0 spiro atoms. The summed E-state index contributed by atoms with van der Waals surface area (Å²) in [6, 6.07) is 3.04. The summed E-state index contributed by atoms with van der Waals surface area (Å²) in [7, 11) is 0. The van der Waals surface area contributed by atoms with E-state index in [0.717, 1.165) is 22.0 Å². The fourth-order valence-corrected chi connectivity index (χ4v) is 3.31. The predicted molar refractivity (Wildman–Crippen MR) is 70.3 cm³/mol. The summed E-state index contributed by atoms with van der Waals surface area (Å²) >= 11 is 3.37. The number of halogens is 4. The number of rotatable bonds is 1. The van der Waals surface area contributed by atoms with Gasteiger partial charge in [0.2, 0.25) is 0 Å². The molecule has 2 atom stereocenters. The minimum Gasteiger partial charge on any atom is -0.324 e. The van der Waals surface area contributed by atoms with Crippen LogP contribution in [-0.2, 0) is 6.42 Å². The topological polar surface area (TPSA) is 32.3 Å². The van der Waals surface area contributed by atoms with E-state index in [-0.39, 0.29) is 12.6 Å². The molecule has 1 heterocycles. The number of fused-ring (bicyclic) bond motifs is 1. The summed E-state index contributed by atoms with van der Waals surface area (Å²) in [4.78, 5) is 13.1. The van der Waals surface area contributed by atoms with Crippen LogP contribution in [0, 0.1) is 0 Å². The molecule has 0 bridgehead atoms. The van der Waals surface area contributed by atoms with Crippen LogP contribution in [0.4, 0.5) is 18.0 Å². The van der Waals surface area contributed by atoms with Crippen molar-refractivity contribution in [3.8, 4) is 0 Å². The standard InChI is InChI=1S/C13H12BrF3N2O/c14-8-2-3-9-7(5-8)1-4-10(9)19-6-11(13(15,16)17)18-12(19)20/h2-3,5,10-11H,1,4,6H2,(H,18,20)/t10-,11-/m0/s1. The number of carbonyl (C=O) groups is 1. The molecule has 1 N–H and O–H groups in total. The summed E-state index contributed by atoms with van der Waals surface area (Å²) in [5.74, 6) is 0. The van der Waals surface area contributed by atoms with E-state index in [1.165, 1.54) is 4.90 Å². The molecular formula is C13H12BrF3N2O. The second kappa shape index (κ2) is 4.65. The Balaban J connectivity index is 1.84. The first-order valence-electron chi connectivity index (χ1n) is 6.28. The number of nitrogens with zero attached hydrogens (tertiary/aromatic N) is 1. The molecule has 1 saturated heterocycles. The number of hydrogen-bond donors (Lipinski definition) is 1. The normalized spacial score (nSPS) is 25.8. The van der Waals surface area contributed by atoms with Crippen LogP contribution >= 0.6 is 15.9 Å². The number of amides is 2. The molecule has 0 unspecified atom stereocenters. The minimum atomic E-state index is -4.40. The molecule has 108 valence electrons. The Hall–Kier alpha value is -1.24. The van der Waals surface area contributed by atoms with Crippen LogP contribution in [0.2, 0.25) is 0 Å². The van der Waals surface area contributed by atoms with Gasteiger partial charge in [0.15, 0.2) is 0 Å². The zero-order chi connectivity index (χ0) is 14.5. The van der Waals surface area contributed by atoms with Crippen molar-refractivity contribution in [3.05, 3.63) is 33.8 Å². The molecule has 2 aliphatic rings. The lowest BCUT2D eigenvalue weighted by Gasteiger charge is -2.24. The van der Waals surface area contributed by atoms with E-state index in [4.69, 9.17) is 0 Å². The van der Waals surface area contributed by atoms with Gasteiger partial charge in [0.05, 0.1) is 12.6 Å². The molecule has 7 heteroatoms. The van der Waals surface area contributed by atoms with Gasteiger partial charge in [-0.3, -0.25) is 0 Å². The Bertz CT molecular complexity index is 561. The molecular weight excluding hydrogens is 337 g/mol. The first kappa shape index (κ1) is 13.7. The van der Waals surface area contributed by atoms with Crippen LogP contribution in [0.3, 0.4) is 0 Å². The van der Waals surface area contributed by atoms with Crippen LogP contribution in [0.1, 0.15) is 23.6 Å². The molecule has 2 amide bonds. The molecule has 1 aliphatic carbocycles. The van der Waals surface area contributed by atoms with Crippen molar-refractivity contribution < 1.29 is 18.0 Å². The quantitative estimate of drug-likeness (QED) is 0.828. The van der Waals surface area contributed by atoms with Crippen molar-refractivity contribution in [3.63, 3.8) is 0 Å². The van der Waals surface area contributed by atoms with Gasteiger partial charge in [-0.2, -0.15) is 13.2 Å². The largest absolute Gasteiger partial charge is 0.410 e. The van der Waals surface area contributed by atoms with E-state index >= 15 is 0 Å². The maximum Gasteiger partial charge on any atom is 0.410 e. The molecule has 3 nitrogen and oxygen atoms in total. The van der Waals surface area contributed by atoms with Crippen molar-refractivity contribution >= 4 is 22.0 Å². The van der Waals surface area contributed by atoms with Gasteiger partial charge in [0.25, 0.3) is 0 Å². The highest BCUT2D eigenvalue weighted by molar-refractivity contribution is 9.10. The number of alkyl halides is 3. The zero-order valence-electron chi connectivity index (χ0n) is 10.4. The molecule has 20 heavy (non-hydrogen) atoms. The van der Waals surface area contributed by atoms with Crippen molar-refractivity contribution in [2.75, 3.05) is 6.54 Å². The van der Waals surface area contributed by atoms with Crippen molar-refractivity contribution in [1.29, 1.82) is 0 Å². The van der Waals surface area contributed by atoms with Gasteiger partial charge >= 0.3 is 12.2 Å². The van der Waals surface area contributed by atoms with Crippen LogP contribution in [0.25, 0.3) is 0 Å². The summed E-state index contributed by atoms with van der Waals surface area (Å²) in [5, 5.41) is 2.02. The highest BCUT2D eigenvalue weighted by Gasteiger charge is 2.49. The zero-order valence-corrected chi connectivity index (χ0v) is 12.0. The molecule has 0 radical (unpaired) electrons. The summed E-state index contributed by atoms with van der Waals surface area (Å²) in [5.41, 5.74) is 2.04. The van der Waals surface area contributed by atoms with Gasteiger partial charge in [0.1, 0.15) is 6.04 Å². The van der Waals surface area contributed by atoms with Crippen LogP contribution in [0.15, 0.2) is 22.7 Å². The highest BCUT2D eigenvalue weighted by atomic mass is 79.9. The second-order valence-electron chi connectivity index (χ2n) is 5.09. The molecule has 1 aromatic rings. The molecule has 0 aromatic heterocycles. The van der Waals surface area contributed by atoms with E-state index in [2.05, 4.69) is 15.9 Å². The molecule has 1 aliphatic heterocycles. The van der Waals surface area contributed by atoms with Gasteiger partial charge < -0.3 is 10.2 Å². The monoisotopic (exact) mass is 348 g/mol. The van der Waals surface area contributed by atoms with Gasteiger partial charge in [-0.25, -0.2) is 4.79 Å². The fourth-order valence-electron chi connectivity index (χ4n) is 2.90. The van der Waals surface area contributed by atoms with Crippen molar-refractivity contribution in [2.24, 2.45) is 0 Å². The third-order valence-corrected chi connectivity index (χ3v) is 4.35. The Morgan fingerprint density at radius 3 is 2.75 bits per heavy atom. The lowest BCUT2D eigenvalue weighted by atomic mass is 10.1. The second-order valence-corrected chi connectivity index (χ2v) is 6.01. The Morgan fingerprint density at radius 1 is 1.35 bits per heavy atom. The molecule has 3 rings (SSSR count). The van der Waals surface area contributed by atoms with Crippen LogP contribution in [-0.4, -0.2) is 29.7 Å². The third kappa shape index (κ3) is 2.28. The summed E-state index contributed by atoms with van der Waals surface area (Å²) in [6.45, 7) is -0.317. The van der Waals surface area contributed by atoms with Gasteiger partial charge in [-0.05, 0) is 36.1 Å². The first-order chi connectivity index (χ1) is 9.36. The maximum absolute atomic E-state index is 12.7. The SMILES string of the molecule is O=C1N[C@H](C(F)(F)F)CN1[C@H]1CCc2cc(Br)ccc21. The average Bonchev–Trinajstić information content (AvgIpc) is 2.91. The van der Waals surface area contributed by atoms with E-state index < -0.39 is 18.2 Å². The molecule has 1 aromatic carbocycles. The number of urea groups is 1. The predicted octanol–water partition coefficient (Wildman–Crippen LogP) is 3.39. The van der Waals surface area contributed by atoms with Crippen LogP contribution < -0.4 is 5.32 Å². The fraction of sp³-hybridized carbons (Fsp3) is 0.462. The van der Waals surface area contributed by atoms with E-state index in [1.807, 2.05) is 23.5 Å². The van der Waals surface area contributed by atoms with Gasteiger partial charge in [-0.15, -0.1) is 0 Å². The number of benzene rings is 1. The van der Waals surface area contributed by atoms with Crippen LogP contribution in [0.5, 0.6) is 0 Å². The number of hydrogen-bond acceptors (Lipinski definition) is 1. The summed E-state index contributed by atoms with van der Waals surface area (Å²) < 4.78 is 39.0. The maximum atomic E-state index is 12.7. The Labute approximate surface area is 122 Å². The van der Waals surface area contributed by atoms with Crippen molar-refractivity contribution in [2.45, 2.75) is 31.1 Å².